The summed E-state index contributed by atoms with van der Waals surface area (Å²) in [6.45, 7) is 3.05. The Morgan fingerprint density at radius 2 is 2.44 bits per heavy atom. The number of hydrogen-bond acceptors (Lipinski definition) is 4. The van der Waals surface area contributed by atoms with Crippen molar-refractivity contribution in [2.75, 3.05) is 18.5 Å². The Morgan fingerprint density at radius 3 is 3.12 bits per heavy atom. The lowest BCUT2D eigenvalue weighted by atomic mass is 10.1. The van der Waals surface area contributed by atoms with Crippen LogP contribution >= 0.6 is 0 Å². The number of nitrogens with one attached hydrogen (secondary N) is 1. The molecule has 0 bridgehead atoms. The van der Waals surface area contributed by atoms with Crippen molar-refractivity contribution >= 4 is 5.69 Å². The van der Waals surface area contributed by atoms with Gasteiger partial charge in [0, 0.05) is 19.3 Å². The van der Waals surface area contributed by atoms with Crippen molar-refractivity contribution in [1.82, 2.24) is 4.98 Å². The lowest BCUT2D eigenvalue weighted by Crippen LogP contribution is -2.07. The van der Waals surface area contributed by atoms with E-state index in [0.29, 0.717) is 11.6 Å². The average Bonchev–Trinajstić information content (AvgIpc) is 2.34. The van der Waals surface area contributed by atoms with Crippen LogP contribution in [0.3, 0.4) is 0 Å². The van der Waals surface area contributed by atoms with Crippen LogP contribution in [0.5, 0.6) is 0 Å². The quantitative estimate of drug-likeness (QED) is 0.715. The van der Waals surface area contributed by atoms with Crippen molar-refractivity contribution in [1.29, 1.82) is 5.26 Å². The van der Waals surface area contributed by atoms with Crippen LogP contribution in [0, 0.1) is 17.2 Å². The first-order chi connectivity index (χ1) is 7.77. The number of aliphatic hydroxyl groups excluding tert-OH is 1. The van der Waals surface area contributed by atoms with Crippen LogP contribution in [-0.2, 0) is 0 Å². The summed E-state index contributed by atoms with van der Waals surface area (Å²) >= 11 is 0. The molecule has 0 aliphatic heterocycles. The lowest BCUT2D eigenvalue weighted by molar-refractivity contribution is 0.229. The number of pyridine rings is 1. The minimum atomic E-state index is 0.232. The first kappa shape index (κ1) is 12.5. The van der Waals surface area contributed by atoms with Crippen molar-refractivity contribution in [3.8, 4) is 6.07 Å². The van der Waals surface area contributed by atoms with Gasteiger partial charge in [0.05, 0.1) is 5.69 Å². The van der Waals surface area contributed by atoms with E-state index in [1.807, 2.05) is 19.1 Å². The largest absolute Gasteiger partial charge is 0.396 e. The highest BCUT2D eigenvalue weighted by Gasteiger charge is 2.02. The summed E-state index contributed by atoms with van der Waals surface area (Å²) in [6.07, 6.45) is 3.56. The Bertz CT molecular complexity index is 360. The molecule has 1 aromatic heterocycles. The molecule has 0 radical (unpaired) electrons. The van der Waals surface area contributed by atoms with Gasteiger partial charge in [-0.25, -0.2) is 4.98 Å². The zero-order chi connectivity index (χ0) is 11.8. The van der Waals surface area contributed by atoms with E-state index in [2.05, 4.69) is 10.3 Å². The second-order valence-corrected chi connectivity index (χ2v) is 3.87. The number of aromatic nitrogens is 1. The molecule has 1 rings (SSSR count). The standard InChI is InChI=1S/C12H17N3O/c1-10(9-16)4-2-6-14-11-5-3-7-15-12(11)8-13/h3,5,7,10,14,16H,2,4,6,9H2,1H3. The first-order valence-corrected chi connectivity index (χ1v) is 5.47. The minimum Gasteiger partial charge on any atom is -0.396 e. The molecule has 86 valence electrons. The molecule has 0 aliphatic rings. The normalized spacial score (nSPS) is 11.8. The van der Waals surface area contributed by atoms with Gasteiger partial charge in [0.15, 0.2) is 5.69 Å². The van der Waals surface area contributed by atoms with Gasteiger partial charge in [-0.3, -0.25) is 0 Å². The van der Waals surface area contributed by atoms with E-state index >= 15 is 0 Å². The third-order valence-electron chi connectivity index (χ3n) is 2.41. The van der Waals surface area contributed by atoms with E-state index in [9.17, 15) is 0 Å². The Kier molecular flexibility index (Phi) is 5.30. The molecule has 4 nitrogen and oxygen atoms in total. The number of aliphatic hydroxyl groups is 1. The molecule has 0 saturated heterocycles. The van der Waals surface area contributed by atoms with E-state index in [-0.39, 0.29) is 6.61 Å². The third-order valence-corrected chi connectivity index (χ3v) is 2.41. The fourth-order valence-electron chi connectivity index (χ4n) is 1.40. The van der Waals surface area contributed by atoms with Gasteiger partial charge in [0.2, 0.25) is 0 Å². The summed E-state index contributed by atoms with van der Waals surface area (Å²) in [5, 5.41) is 20.9. The lowest BCUT2D eigenvalue weighted by Gasteiger charge is -2.09. The maximum Gasteiger partial charge on any atom is 0.163 e. The van der Waals surface area contributed by atoms with E-state index < -0.39 is 0 Å². The number of hydrogen-bond donors (Lipinski definition) is 2. The number of anilines is 1. The molecule has 1 aromatic rings. The molecule has 16 heavy (non-hydrogen) atoms. The second-order valence-electron chi connectivity index (χ2n) is 3.87. The van der Waals surface area contributed by atoms with E-state index in [4.69, 9.17) is 10.4 Å². The maximum atomic E-state index is 8.86. The Balaban J connectivity index is 2.35. The van der Waals surface area contributed by atoms with Crippen LogP contribution in [0.2, 0.25) is 0 Å². The van der Waals surface area contributed by atoms with Crippen LogP contribution in [0.25, 0.3) is 0 Å². The molecule has 0 aromatic carbocycles. The van der Waals surface area contributed by atoms with Gasteiger partial charge in [-0.1, -0.05) is 6.92 Å². The van der Waals surface area contributed by atoms with Crippen molar-refractivity contribution < 1.29 is 5.11 Å². The van der Waals surface area contributed by atoms with Gasteiger partial charge in [0.25, 0.3) is 0 Å². The molecule has 0 saturated carbocycles. The summed E-state index contributed by atoms with van der Waals surface area (Å²) in [5.41, 5.74) is 1.21. The molecule has 1 unspecified atom stereocenters. The second kappa shape index (κ2) is 6.81. The maximum absolute atomic E-state index is 8.86. The summed E-state index contributed by atoms with van der Waals surface area (Å²) in [5.74, 6) is 0.339. The monoisotopic (exact) mass is 219 g/mol. The third kappa shape index (κ3) is 3.87. The first-order valence-electron chi connectivity index (χ1n) is 5.47. The molecule has 4 heteroatoms. The Morgan fingerprint density at radius 1 is 1.62 bits per heavy atom. The van der Waals surface area contributed by atoms with E-state index in [1.165, 1.54) is 0 Å². The van der Waals surface area contributed by atoms with Gasteiger partial charge >= 0.3 is 0 Å². The van der Waals surface area contributed by atoms with Crippen LogP contribution in [-0.4, -0.2) is 23.2 Å². The van der Waals surface area contributed by atoms with Crippen molar-refractivity contribution in [3.63, 3.8) is 0 Å². The SMILES string of the molecule is CC(CO)CCCNc1cccnc1C#N. The molecular formula is C12H17N3O. The fraction of sp³-hybridized carbons (Fsp3) is 0.500. The highest BCUT2D eigenvalue weighted by atomic mass is 16.3. The van der Waals surface area contributed by atoms with Crippen LogP contribution in [0.4, 0.5) is 5.69 Å². The molecule has 0 fully saturated rings. The summed E-state index contributed by atoms with van der Waals surface area (Å²) in [7, 11) is 0. The Hall–Kier alpha value is -1.60. The molecule has 0 amide bonds. The van der Waals surface area contributed by atoms with Crippen LogP contribution < -0.4 is 5.32 Å². The summed E-state index contributed by atoms with van der Waals surface area (Å²) in [4.78, 5) is 3.96. The van der Waals surface area contributed by atoms with E-state index in [0.717, 1.165) is 25.1 Å². The summed E-state index contributed by atoms with van der Waals surface area (Å²) in [6, 6.07) is 5.70. The molecule has 0 spiro atoms. The highest BCUT2D eigenvalue weighted by Crippen LogP contribution is 2.11. The van der Waals surface area contributed by atoms with E-state index in [1.54, 1.807) is 12.3 Å². The molecule has 0 aliphatic carbocycles. The van der Waals surface area contributed by atoms with Gasteiger partial charge in [-0.2, -0.15) is 5.26 Å². The number of nitriles is 1. The van der Waals surface area contributed by atoms with Gasteiger partial charge in [-0.05, 0) is 30.9 Å². The van der Waals surface area contributed by atoms with Crippen molar-refractivity contribution in [2.45, 2.75) is 19.8 Å². The molecule has 2 N–H and O–H groups in total. The van der Waals surface area contributed by atoms with Gasteiger partial charge < -0.3 is 10.4 Å². The zero-order valence-corrected chi connectivity index (χ0v) is 9.48. The molecule has 1 heterocycles. The Labute approximate surface area is 95.9 Å². The topological polar surface area (TPSA) is 68.9 Å². The fourth-order valence-corrected chi connectivity index (χ4v) is 1.40. The number of nitrogens with zero attached hydrogens (tertiary/aromatic N) is 2. The molecular weight excluding hydrogens is 202 g/mol. The zero-order valence-electron chi connectivity index (χ0n) is 9.48. The number of rotatable bonds is 6. The van der Waals surface area contributed by atoms with Crippen molar-refractivity contribution in [3.05, 3.63) is 24.0 Å². The van der Waals surface area contributed by atoms with Crippen molar-refractivity contribution in [2.24, 2.45) is 5.92 Å². The molecule has 1 atom stereocenters. The summed E-state index contributed by atoms with van der Waals surface area (Å²) < 4.78 is 0. The average molecular weight is 219 g/mol. The van der Waals surface area contributed by atoms with Crippen LogP contribution in [0.15, 0.2) is 18.3 Å². The van der Waals surface area contributed by atoms with Gasteiger partial charge in [-0.15, -0.1) is 0 Å². The van der Waals surface area contributed by atoms with Gasteiger partial charge in [0.1, 0.15) is 6.07 Å². The van der Waals surface area contributed by atoms with Crippen LogP contribution in [0.1, 0.15) is 25.5 Å². The minimum absolute atomic E-state index is 0.232. The highest BCUT2D eigenvalue weighted by molar-refractivity contribution is 5.53. The predicted octanol–water partition coefficient (Wildman–Crippen LogP) is 1.77. The smallest absolute Gasteiger partial charge is 0.163 e. The predicted molar refractivity (Wildman–Crippen MR) is 62.9 cm³/mol.